The number of carboxylic acid groups (broad SMARTS) is 1. The van der Waals surface area contributed by atoms with E-state index in [1.54, 1.807) is 23.1 Å². The van der Waals surface area contributed by atoms with Crippen molar-refractivity contribution in [1.82, 2.24) is 0 Å². The van der Waals surface area contributed by atoms with Crippen LogP contribution in [-0.4, -0.2) is 42.3 Å². The number of amides is 1. The van der Waals surface area contributed by atoms with Gasteiger partial charge in [-0.05, 0) is 37.0 Å². The molecule has 2 unspecified atom stereocenters. The van der Waals surface area contributed by atoms with Crippen LogP contribution < -0.4 is 10.6 Å². The van der Waals surface area contributed by atoms with Crippen LogP contribution in [0.4, 0.5) is 5.69 Å². The van der Waals surface area contributed by atoms with Crippen molar-refractivity contribution in [2.24, 2.45) is 5.73 Å². The minimum Gasteiger partial charge on any atom is -0.478 e. The van der Waals surface area contributed by atoms with E-state index >= 15 is 0 Å². The normalized spacial score (nSPS) is 24.1. The lowest BCUT2D eigenvalue weighted by molar-refractivity contribution is -0.129. The number of rotatable bonds is 3. The summed E-state index contributed by atoms with van der Waals surface area (Å²) in [5, 5.41) is 9.08. The molecule has 6 heteroatoms. The van der Waals surface area contributed by atoms with Gasteiger partial charge in [-0.2, -0.15) is 0 Å². The summed E-state index contributed by atoms with van der Waals surface area (Å²) >= 11 is 0. The molecular weight excluding hydrogens is 272 g/mol. The molecule has 1 aromatic carbocycles. The fourth-order valence-electron chi connectivity index (χ4n) is 2.98. The van der Waals surface area contributed by atoms with Gasteiger partial charge >= 0.3 is 5.97 Å². The highest BCUT2D eigenvalue weighted by Gasteiger charge is 2.36. The number of anilines is 1. The van der Waals surface area contributed by atoms with E-state index in [1.807, 2.05) is 0 Å². The number of hydrogen-bond donors (Lipinski definition) is 2. The Balaban J connectivity index is 1.82. The number of ether oxygens (including phenoxy) is 1. The van der Waals surface area contributed by atoms with Crippen molar-refractivity contribution in [3.05, 3.63) is 29.3 Å². The zero-order valence-electron chi connectivity index (χ0n) is 11.6. The van der Waals surface area contributed by atoms with Crippen LogP contribution in [0.3, 0.4) is 0 Å². The fourth-order valence-corrected chi connectivity index (χ4v) is 2.98. The van der Waals surface area contributed by atoms with Crippen molar-refractivity contribution in [2.75, 3.05) is 18.0 Å². The Bertz CT molecular complexity index is 587. The summed E-state index contributed by atoms with van der Waals surface area (Å²) in [7, 11) is 0. The average Bonchev–Trinajstić information content (AvgIpc) is 3.12. The fraction of sp³-hybridized carbons (Fsp3) is 0.467. The van der Waals surface area contributed by atoms with E-state index in [4.69, 9.17) is 15.6 Å². The summed E-state index contributed by atoms with van der Waals surface area (Å²) < 4.78 is 5.64. The summed E-state index contributed by atoms with van der Waals surface area (Å²) in [6.45, 7) is 0.994. The van der Waals surface area contributed by atoms with Gasteiger partial charge in [-0.15, -0.1) is 0 Å². The largest absolute Gasteiger partial charge is 0.478 e. The zero-order chi connectivity index (χ0) is 15.0. The topological polar surface area (TPSA) is 92.9 Å². The van der Waals surface area contributed by atoms with E-state index in [2.05, 4.69) is 0 Å². The molecule has 0 radical (unpaired) electrons. The van der Waals surface area contributed by atoms with Crippen molar-refractivity contribution in [3.8, 4) is 0 Å². The molecule has 112 valence electrons. The lowest BCUT2D eigenvalue weighted by Gasteiger charge is -2.21. The predicted octanol–water partition coefficient (Wildman–Crippen LogP) is 0.780. The van der Waals surface area contributed by atoms with Crippen LogP contribution in [0.2, 0.25) is 0 Å². The van der Waals surface area contributed by atoms with Gasteiger partial charge in [0.2, 0.25) is 0 Å². The molecule has 0 spiro atoms. The van der Waals surface area contributed by atoms with Gasteiger partial charge in [0.1, 0.15) is 6.10 Å². The summed E-state index contributed by atoms with van der Waals surface area (Å²) in [5.74, 6) is -1.08. The molecule has 2 atom stereocenters. The quantitative estimate of drug-likeness (QED) is 0.858. The maximum absolute atomic E-state index is 12.6. The first-order chi connectivity index (χ1) is 10.1. The molecule has 21 heavy (non-hydrogen) atoms. The molecule has 1 amide bonds. The molecule has 6 nitrogen and oxygen atoms in total. The third kappa shape index (κ3) is 2.52. The zero-order valence-corrected chi connectivity index (χ0v) is 11.6. The second-order valence-corrected chi connectivity index (χ2v) is 5.45. The van der Waals surface area contributed by atoms with Crippen LogP contribution >= 0.6 is 0 Å². The van der Waals surface area contributed by atoms with Gasteiger partial charge < -0.3 is 20.5 Å². The van der Waals surface area contributed by atoms with Crippen molar-refractivity contribution < 1.29 is 19.4 Å². The number of hydrogen-bond acceptors (Lipinski definition) is 4. The lowest BCUT2D eigenvalue weighted by atomic mass is 10.1. The number of benzene rings is 1. The molecule has 2 aliphatic rings. The Labute approximate surface area is 122 Å². The summed E-state index contributed by atoms with van der Waals surface area (Å²) in [4.78, 5) is 25.3. The number of carboxylic acids is 1. The second kappa shape index (κ2) is 5.46. The number of aromatic carboxylic acids is 1. The molecule has 1 aromatic rings. The maximum Gasteiger partial charge on any atom is 0.335 e. The van der Waals surface area contributed by atoms with Gasteiger partial charge in [-0.25, -0.2) is 4.79 Å². The monoisotopic (exact) mass is 290 g/mol. The first-order valence-corrected chi connectivity index (χ1v) is 7.13. The molecule has 3 N–H and O–H groups in total. The number of nitrogens with zero attached hydrogens (tertiary/aromatic N) is 1. The van der Waals surface area contributed by atoms with Crippen LogP contribution in [0.25, 0.3) is 0 Å². The Hall–Kier alpha value is -1.92. The van der Waals surface area contributed by atoms with E-state index in [1.165, 1.54) is 0 Å². The van der Waals surface area contributed by atoms with E-state index < -0.39 is 12.1 Å². The van der Waals surface area contributed by atoms with Crippen molar-refractivity contribution >= 4 is 17.6 Å². The molecule has 2 aliphatic heterocycles. The molecule has 2 heterocycles. The number of fused-ring (bicyclic) bond motifs is 1. The highest BCUT2D eigenvalue weighted by atomic mass is 16.5. The molecule has 0 aliphatic carbocycles. The van der Waals surface area contributed by atoms with E-state index in [9.17, 15) is 9.59 Å². The van der Waals surface area contributed by atoms with Gasteiger partial charge in [0.05, 0.1) is 11.7 Å². The van der Waals surface area contributed by atoms with Crippen LogP contribution in [0.15, 0.2) is 18.2 Å². The van der Waals surface area contributed by atoms with Crippen LogP contribution in [0, 0.1) is 0 Å². The van der Waals surface area contributed by atoms with Gasteiger partial charge in [0.25, 0.3) is 5.91 Å². The summed E-state index contributed by atoms with van der Waals surface area (Å²) in [6, 6.07) is 4.92. The Morgan fingerprint density at radius 1 is 1.38 bits per heavy atom. The predicted molar refractivity (Wildman–Crippen MR) is 76.4 cm³/mol. The molecule has 1 saturated heterocycles. The minimum atomic E-state index is -0.989. The van der Waals surface area contributed by atoms with E-state index in [0.717, 1.165) is 18.4 Å². The van der Waals surface area contributed by atoms with Gasteiger partial charge in [-0.1, -0.05) is 6.07 Å². The molecule has 0 saturated carbocycles. The van der Waals surface area contributed by atoms with Crippen molar-refractivity contribution in [2.45, 2.75) is 31.5 Å². The van der Waals surface area contributed by atoms with Crippen LogP contribution in [0.5, 0.6) is 0 Å². The highest BCUT2D eigenvalue weighted by Crippen LogP contribution is 2.31. The smallest absolute Gasteiger partial charge is 0.335 e. The Morgan fingerprint density at radius 3 is 2.86 bits per heavy atom. The number of nitrogens with two attached hydrogens (primary N) is 1. The Morgan fingerprint density at radius 2 is 2.19 bits per heavy atom. The molecule has 0 bridgehead atoms. The second-order valence-electron chi connectivity index (χ2n) is 5.45. The highest BCUT2D eigenvalue weighted by molar-refractivity contribution is 6.00. The first-order valence-electron chi connectivity index (χ1n) is 7.13. The molecule has 0 aromatic heterocycles. The maximum atomic E-state index is 12.6. The van der Waals surface area contributed by atoms with Gasteiger partial charge in [-0.3, -0.25) is 4.79 Å². The third-order valence-electron chi connectivity index (χ3n) is 4.14. The van der Waals surface area contributed by atoms with Gasteiger partial charge in [0.15, 0.2) is 0 Å². The summed E-state index contributed by atoms with van der Waals surface area (Å²) in [5.41, 5.74) is 7.45. The van der Waals surface area contributed by atoms with Crippen molar-refractivity contribution in [1.29, 1.82) is 0 Å². The van der Waals surface area contributed by atoms with E-state index in [-0.39, 0.29) is 17.6 Å². The van der Waals surface area contributed by atoms with Crippen molar-refractivity contribution in [3.63, 3.8) is 0 Å². The Kier molecular flexibility index (Phi) is 3.65. The average molecular weight is 290 g/mol. The molecule has 3 rings (SSSR count). The van der Waals surface area contributed by atoms with E-state index in [0.29, 0.717) is 25.2 Å². The minimum absolute atomic E-state index is 0.0497. The van der Waals surface area contributed by atoms with Crippen LogP contribution in [-0.2, 0) is 16.0 Å². The van der Waals surface area contributed by atoms with Crippen LogP contribution in [0.1, 0.15) is 28.8 Å². The number of carbonyl (C=O) groups is 2. The third-order valence-corrected chi connectivity index (χ3v) is 4.14. The molecular formula is C15H18N2O4. The first kappa shape index (κ1) is 14.0. The number of carbonyl (C=O) groups excluding carboxylic acids is 1. The van der Waals surface area contributed by atoms with Gasteiger partial charge in [0, 0.05) is 18.8 Å². The lowest BCUT2D eigenvalue weighted by Crippen LogP contribution is -2.38. The summed E-state index contributed by atoms with van der Waals surface area (Å²) in [6.07, 6.45) is 1.70. The standard InChI is InChI=1S/C15H18N2O4/c16-8-11-3-4-13(21-11)14(18)17-6-5-9-1-2-10(15(19)20)7-12(9)17/h1-2,7,11,13H,3-6,8,16H2,(H,19,20). The molecule has 1 fully saturated rings. The SMILES string of the molecule is NCC1CCC(C(=O)N2CCc3ccc(C(=O)O)cc32)O1.